The molecule has 2 nitrogen and oxygen atoms in total. The summed E-state index contributed by atoms with van der Waals surface area (Å²) in [6, 6.07) is 0. The second-order valence-electron chi connectivity index (χ2n) is 1.35. The van der Waals surface area contributed by atoms with E-state index in [1.54, 1.807) is 0 Å². The van der Waals surface area contributed by atoms with Gasteiger partial charge in [-0.2, -0.15) is 0 Å². The molecule has 0 aliphatic rings. The highest BCUT2D eigenvalue weighted by Crippen LogP contribution is 1.87. The average Bonchev–Trinajstić information content (AvgIpc) is 1.65. The van der Waals surface area contributed by atoms with Crippen LogP contribution in [-0.4, -0.2) is 6.10 Å². The number of hydrogen-bond donors (Lipinski definition) is 1. The zero-order valence-corrected chi connectivity index (χ0v) is 4.27. The first kappa shape index (κ1) is 5.92. The van der Waals surface area contributed by atoms with Crippen LogP contribution in [0.25, 0.3) is 0 Å². The highest BCUT2D eigenvalue weighted by molar-refractivity contribution is 4.37. The van der Waals surface area contributed by atoms with Gasteiger partial charge >= 0.3 is 0 Å². The van der Waals surface area contributed by atoms with Gasteiger partial charge in [0.2, 0.25) is 0 Å². The summed E-state index contributed by atoms with van der Waals surface area (Å²) < 4.78 is 0. The van der Waals surface area contributed by atoms with E-state index in [0.29, 0.717) is 0 Å². The molecule has 0 amide bonds. The average molecular weight is 89.1 g/mol. The minimum absolute atomic E-state index is 0.213. The van der Waals surface area contributed by atoms with Gasteiger partial charge in [0.05, 0.1) is 6.10 Å². The fraction of sp³-hybridized carbons (Fsp3) is 1.00. The fourth-order valence-corrected chi connectivity index (χ4v) is 0.0962. The number of hydrogen-bond acceptors (Lipinski definition) is 2. The Labute approximate surface area is 38.2 Å². The van der Waals surface area contributed by atoms with Gasteiger partial charge < -0.3 is 4.84 Å². The van der Waals surface area contributed by atoms with E-state index in [0.717, 1.165) is 6.42 Å². The molecule has 0 saturated heterocycles. The van der Waals surface area contributed by atoms with Crippen molar-refractivity contribution in [2.75, 3.05) is 0 Å². The molecule has 1 atom stereocenters. The maximum absolute atomic E-state index is 4.78. The molecule has 0 bridgehead atoms. The molecule has 0 radical (unpaired) electrons. The summed E-state index contributed by atoms with van der Waals surface area (Å²) in [5, 5.41) is 0. The molecule has 0 heterocycles. The van der Waals surface area contributed by atoms with Gasteiger partial charge in [-0.05, 0) is 13.3 Å². The molecule has 0 aliphatic carbocycles. The quantitative estimate of drug-likeness (QED) is 0.505. The summed E-state index contributed by atoms with van der Waals surface area (Å²) in [5.41, 5.74) is 0. The van der Waals surface area contributed by atoms with Crippen molar-refractivity contribution < 1.29 is 4.84 Å². The smallest absolute Gasteiger partial charge is 0.0756 e. The van der Waals surface area contributed by atoms with E-state index in [4.69, 9.17) is 5.90 Å². The molecule has 0 aliphatic heterocycles. The molecule has 0 aromatic rings. The van der Waals surface area contributed by atoms with E-state index in [-0.39, 0.29) is 6.10 Å². The second kappa shape index (κ2) is 3.12. The van der Waals surface area contributed by atoms with Crippen LogP contribution < -0.4 is 5.90 Å². The highest BCUT2D eigenvalue weighted by Gasteiger charge is 1.89. The van der Waals surface area contributed by atoms with Gasteiger partial charge in [0.15, 0.2) is 0 Å². The van der Waals surface area contributed by atoms with Gasteiger partial charge in [-0.15, -0.1) is 0 Å². The summed E-state index contributed by atoms with van der Waals surface area (Å²) in [4.78, 5) is 4.40. The molecular formula is C4H11NO. The van der Waals surface area contributed by atoms with Crippen molar-refractivity contribution in [1.29, 1.82) is 0 Å². The SMILES string of the molecule is CCC(C)ON. The van der Waals surface area contributed by atoms with Crippen molar-refractivity contribution in [1.82, 2.24) is 0 Å². The second-order valence-corrected chi connectivity index (χ2v) is 1.35. The zero-order chi connectivity index (χ0) is 4.99. The lowest BCUT2D eigenvalue weighted by Gasteiger charge is -2.00. The topological polar surface area (TPSA) is 35.2 Å². The Kier molecular flexibility index (Phi) is 3.08. The molecule has 0 rings (SSSR count). The van der Waals surface area contributed by atoms with Crippen LogP contribution in [-0.2, 0) is 4.84 Å². The molecule has 38 valence electrons. The van der Waals surface area contributed by atoms with Crippen LogP contribution in [0.2, 0.25) is 0 Å². The van der Waals surface area contributed by atoms with Crippen LogP contribution in [0.1, 0.15) is 20.3 Å². The summed E-state index contributed by atoms with van der Waals surface area (Å²) in [6.07, 6.45) is 1.20. The molecule has 6 heavy (non-hydrogen) atoms. The van der Waals surface area contributed by atoms with Crippen molar-refractivity contribution >= 4 is 0 Å². The van der Waals surface area contributed by atoms with Crippen LogP contribution in [0.4, 0.5) is 0 Å². The van der Waals surface area contributed by atoms with Gasteiger partial charge in [-0.25, -0.2) is 5.90 Å². The van der Waals surface area contributed by atoms with Crippen molar-refractivity contribution in [3.63, 3.8) is 0 Å². The van der Waals surface area contributed by atoms with Crippen molar-refractivity contribution in [3.8, 4) is 0 Å². The Morgan fingerprint density at radius 2 is 2.33 bits per heavy atom. The van der Waals surface area contributed by atoms with Gasteiger partial charge in [-0.1, -0.05) is 6.92 Å². The van der Waals surface area contributed by atoms with E-state index in [2.05, 4.69) is 4.84 Å². The van der Waals surface area contributed by atoms with Crippen LogP contribution in [0.5, 0.6) is 0 Å². The van der Waals surface area contributed by atoms with Crippen molar-refractivity contribution in [3.05, 3.63) is 0 Å². The molecule has 1 unspecified atom stereocenters. The minimum Gasteiger partial charge on any atom is -0.302 e. The Morgan fingerprint density at radius 1 is 1.83 bits per heavy atom. The number of nitrogens with two attached hydrogens (primary N) is 1. The first-order valence-corrected chi connectivity index (χ1v) is 2.16. The molecule has 0 aromatic heterocycles. The van der Waals surface area contributed by atoms with Gasteiger partial charge in [0, 0.05) is 0 Å². The van der Waals surface area contributed by atoms with Crippen LogP contribution >= 0.6 is 0 Å². The molecule has 0 spiro atoms. The minimum atomic E-state index is 0.213. The Balaban J connectivity index is 2.75. The first-order chi connectivity index (χ1) is 2.81. The maximum Gasteiger partial charge on any atom is 0.0756 e. The molecule has 2 N–H and O–H groups in total. The molecular weight excluding hydrogens is 78.0 g/mol. The summed E-state index contributed by atoms with van der Waals surface area (Å²) in [7, 11) is 0. The lowest BCUT2D eigenvalue weighted by molar-refractivity contribution is 0.0642. The predicted molar refractivity (Wildman–Crippen MR) is 25.0 cm³/mol. The summed E-state index contributed by atoms with van der Waals surface area (Å²) in [5.74, 6) is 4.78. The van der Waals surface area contributed by atoms with E-state index >= 15 is 0 Å². The largest absolute Gasteiger partial charge is 0.302 e. The summed E-state index contributed by atoms with van der Waals surface area (Å²) >= 11 is 0. The molecule has 2 heteroatoms. The first-order valence-electron chi connectivity index (χ1n) is 2.16. The third-order valence-corrected chi connectivity index (χ3v) is 0.807. The Morgan fingerprint density at radius 3 is 2.33 bits per heavy atom. The molecule has 0 fully saturated rings. The van der Waals surface area contributed by atoms with Gasteiger partial charge in [-0.3, -0.25) is 0 Å². The van der Waals surface area contributed by atoms with Crippen LogP contribution in [0.15, 0.2) is 0 Å². The van der Waals surface area contributed by atoms with Gasteiger partial charge in [0.1, 0.15) is 0 Å². The summed E-state index contributed by atoms with van der Waals surface area (Å²) in [6.45, 7) is 3.96. The fourth-order valence-electron chi connectivity index (χ4n) is 0.0962. The monoisotopic (exact) mass is 89.1 g/mol. The van der Waals surface area contributed by atoms with Crippen molar-refractivity contribution in [2.24, 2.45) is 5.90 Å². The Hall–Kier alpha value is -0.0800. The van der Waals surface area contributed by atoms with E-state index in [1.165, 1.54) is 0 Å². The maximum atomic E-state index is 4.78. The standard InChI is InChI=1S/C4H11NO/c1-3-4(2)6-5/h4H,3,5H2,1-2H3. The van der Waals surface area contributed by atoms with Gasteiger partial charge in [0.25, 0.3) is 0 Å². The lowest BCUT2D eigenvalue weighted by atomic mass is 10.3. The highest BCUT2D eigenvalue weighted by atomic mass is 16.6. The van der Waals surface area contributed by atoms with Crippen LogP contribution in [0, 0.1) is 0 Å². The number of rotatable bonds is 2. The molecule has 0 aromatic carbocycles. The normalized spacial score (nSPS) is 14.5. The zero-order valence-electron chi connectivity index (χ0n) is 4.27. The van der Waals surface area contributed by atoms with E-state index in [1.807, 2.05) is 13.8 Å². The third kappa shape index (κ3) is 2.18. The Bertz CT molecular complexity index is 26.7. The van der Waals surface area contributed by atoms with E-state index < -0.39 is 0 Å². The molecule has 0 saturated carbocycles. The predicted octanol–water partition coefficient (Wildman–Crippen LogP) is 0.675. The van der Waals surface area contributed by atoms with Crippen molar-refractivity contribution in [2.45, 2.75) is 26.4 Å². The third-order valence-electron chi connectivity index (χ3n) is 0.807. The van der Waals surface area contributed by atoms with E-state index in [9.17, 15) is 0 Å². The lowest BCUT2D eigenvalue weighted by Crippen LogP contribution is -2.10. The van der Waals surface area contributed by atoms with Crippen LogP contribution in [0.3, 0.4) is 0 Å².